The zero-order chi connectivity index (χ0) is 29.5. The molecule has 0 aromatic heterocycles. The van der Waals surface area contributed by atoms with Crippen LogP contribution in [-0.2, 0) is 25.7 Å². The minimum absolute atomic E-state index is 0.00452. The molecule has 0 saturated heterocycles. The largest absolute Gasteiger partial charge is 0.481 e. The van der Waals surface area contributed by atoms with Crippen molar-refractivity contribution in [2.24, 2.45) is 5.41 Å². The second kappa shape index (κ2) is 13.2. The number of carboxylic acids is 1. The van der Waals surface area contributed by atoms with E-state index in [4.69, 9.17) is 9.47 Å². The molecule has 3 N–H and O–H groups in total. The molecule has 2 aliphatic rings. The number of carboxylic acid groups (broad SMARTS) is 1. The van der Waals surface area contributed by atoms with E-state index in [2.05, 4.69) is 22.8 Å². The number of alkyl carbamates (subject to hydrolysis) is 1. The zero-order valence-electron chi connectivity index (χ0n) is 23.9. The molecule has 0 heterocycles. The van der Waals surface area contributed by atoms with Gasteiger partial charge in [0.1, 0.15) is 12.6 Å². The van der Waals surface area contributed by atoms with Crippen molar-refractivity contribution in [1.29, 1.82) is 0 Å². The van der Waals surface area contributed by atoms with Crippen molar-refractivity contribution in [1.82, 2.24) is 10.6 Å². The first-order chi connectivity index (χ1) is 20.4. The molecule has 8 heteroatoms. The van der Waals surface area contributed by atoms with Gasteiger partial charge in [-0.1, -0.05) is 98.1 Å². The summed E-state index contributed by atoms with van der Waals surface area (Å²) >= 11 is 0. The van der Waals surface area contributed by atoms with Gasteiger partial charge in [-0.3, -0.25) is 9.59 Å². The maximum absolute atomic E-state index is 13.5. The minimum atomic E-state index is -1.08. The highest BCUT2D eigenvalue weighted by Crippen LogP contribution is 2.44. The summed E-state index contributed by atoms with van der Waals surface area (Å²) in [5.41, 5.74) is 4.35. The monoisotopic (exact) mass is 570 g/mol. The summed E-state index contributed by atoms with van der Waals surface area (Å²) in [5.74, 6) is -1.53. The Balaban J connectivity index is 1.26. The predicted molar refractivity (Wildman–Crippen MR) is 159 cm³/mol. The average Bonchev–Trinajstić information content (AvgIpc) is 3.34. The quantitative estimate of drug-likeness (QED) is 0.275. The van der Waals surface area contributed by atoms with E-state index in [1.54, 1.807) is 6.92 Å². The Morgan fingerprint density at radius 3 is 2.10 bits per heavy atom. The fraction of sp³-hybridized carbons (Fsp3) is 0.382. The number of nitrogens with one attached hydrogen (secondary N) is 2. The molecule has 0 bridgehead atoms. The summed E-state index contributed by atoms with van der Waals surface area (Å²) in [6, 6.07) is 24.6. The summed E-state index contributed by atoms with van der Waals surface area (Å²) in [6.45, 7) is 2.06. The summed E-state index contributed by atoms with van der Waals surface area (Å²) < 4.78 is 11.7. The van der Waals surface area contributed by atoms with Crippen molar-refractivity contribution < 1.29 is 29.0 Å². The number of amides is 2. The van der Waals surface area contributed by atoms with E-state index in [1.165, 1.54) is 0 Å². The molecule has 0 radical (unpaired) electrons. The van der Waals surface area contributed by atoms with E-state index in [9.17, 15) is 19.5 Å². The topological polar surface area (TPSA) is 114 Å². The molecule has 42 heavy (non-hydrogen) atoms. The van der Waals surface area contributed by atoms with Gasteiger partial charge in [0.15, 0.2) is 0 Å². The lowest BCUT2D eigenvalue weighted by Gasteiger charge is -2.34. The fourth-order valence-electron chi connectivity index (χ4n) is 6.12. The number of aliphatic carboxylic acids is 1. The lowest BCUT2D eigenvalue weighted by Crippen LogP contribution is -2.55. The molecule has 0 spiro atoms. The van der Waals surface area contributed by atoms with Gasteiger partial charge >= 0.3 is 12.1 Å². The first-order valence-corrected chi connectivity index (χ1v) is 14.7. The summed E-state index contributed by atoms with van der Waals surface area (Å²) in [4.78, 5) is 38.8. The van der Waals surface area contributed by atoms with E-state index >= 15 is 0 Å². The number of carbonyl (C=O) groups is 3. The average molecular weight is 571 g/mol. The number of ether oxygens (including phenoxy) is 2. The van der Waals surface area contributed by atoms with E-state index in [1.807, 2.05) is 66.7 Å². The van der Waals surface area contributed by atoms with Crippen LogP contribution in [0.25, 0.3) is 11.1 Å². The first-order valence-electron chi connectivity index (χ1n) is 14.7. The standard InChI is InChI=1S/C34H38N2O6/c1-23(41-20-24-12-4-2-5-13-24)30(31(37)35-22-34(32(38)39)18-10-3-11-19-34)36-33(40)42-21-29-27-16-8-6-14-25(27)26-15-7-9-17-28(26)29/h2,4-9,12-17,23,29-30H,3,10-11,18-22H2,1H3,(H,35,37)(H,36,40)(H,38,39). The van der Waals surface area contributed by atoms with Crippen molar-refractivity contribution >= 4 is 18.0 Å². The number of fused-ring (bicyclic) bond motifs is 3. The third kappa shape index (κ3) is 6.49. The molecule has 2 aliphatic carbocycles. The maximum atomic E-state index is 13.5. The highest BCUT2D eigenvalue weighted by atomic mass is 16.5. The molecule has 0 aliphatic heterocycles. The van der Waals surface area contributed by atoms with Gasteiger partial charge < -0.3 is 25.2 Å². The van der Waals surface area contributed by atoms with Crippen LogP contribution >= 0.6 is 0 Å². The van der Waals surface area contributed by atoms with Crippen molar-refractivity contribution in [3.8, 4) is 11.1 Å². The molecule has 3 aromatic rings. The molecule has 1 fully saturated rings. The van der Waals surface area contributed by atoms with Crippen LogP contribution < -0.4 is 10.6 Å². The second-order valence-corrected chi connectivity index (χ2v) is 11.3. The molecule has 2 amide bonds. The lowest BCUT2D eigenvalue weighted by atomic mass is 9.74. The van der Waals surface area contributed by atoms with E-state index in [-0.39, 0.29) is 25.7 Å². The normalized spacial score (nSPS) is 16.9. The van der Waals surface area contributed by atoms with Crippen LogP contribution in [0, 0.1) is 5.41 Å². The SMILES string of the molecule is CC(OCc1ccccc1)C(NC(=O)OCC1c2ccccc2-c2ccccc21)C(=O)NCC1(C(=O)O)CCCCC1. The van der Waals surface area contributed by atoms with Gasteiger partial charge in [0, 0.05) is 12.5 Å². The van der Waals surface area contributed by atoms with Gasteiger partial charge in [0.25, 0.3) is 0 Å². The van der Waals surface area contributed by atoms with Crippen LogP contribution in [0.1, 0.15) is 61.6 Å². The van der Waals surface area contributed by atoms with Crippen LogP contribution in [-0.4, -0.2) is 48.4 Å². The number of benzene rings is 3. The molecule has 5 rings (SSSR count). The maximum Gasteiger partial charge on any atom is 0.407 e. The van der Waals surface area contributed by atoms with E-state index in [0.29, 0.717) is 12.8 Å². The Hall–Kier alpha value is -4.17. The van der Waals surface area contributed by atoms with Crippen LogP contribution in [0.2, 0.25) is 0 Å². The highest BCUT2D eigenvalue weighted by Gasteiger charge is 2.41. The lowest BCUT2D eigenvalue weighted by molar-refractivity contribution is -0.151. The van der Waals surface area contributed by atoms with Gasteiger partial charge in [0.2, 0.25) is 5.91 Å². The molecule has 220 valence electrons. The van der Waals surface area contributed by atoms with Crippen LogP contribution in [0.3, 0.4) is 0 Å². The number of carbonyl (C=O) groups excluding carboxylic acids is 2. The molecule has 1 saturated carbocycles. The Kier molecular flexibility index (Phi) is 9.22. The second-order valence-electron chi connectivity index (χ2n) is 11.3. The Morgan fingerprint density at radius 1 is 0.881 bits per heavy atom. The third-order valence-corrected chi connectivity index (χ3v) is 8.59. The van der Waals surface area contributed by atoms with E-state index < -0.39 is 35.5 Å². The van der Waals surface area contributed by atoms with Gasteiger partial charge in [-0.15, -0.1) is 0 Å². The van der Waals surface area contributed by atoms with E-state index in [0.717, 1.165) is 47.1 Å². The first kappa shape index (κ1) is 29.3. The summed E-state index contributed by atoms with van der Waals surface area (Å²) in [7, 11) is 0. The molecule has 8 nitrogen and oxygen atoms in total. The van der Waals surface area contributed by atoms with Gasteiger partial charge in [-0.05, 0) is 47.6 Å². The minimum Gasteiger partial charge on any atom is -0.481 e. The van der Waals surface area contributed by atoms with Crippen molar-refractivity contribution in [2.45, 2.75) is 63.7 Å². The number of hydrogen-bond donors (Lipinski definition) is 3. The highest BCUT2D eigenvalue weighted by molar-refractivity contribution is 5.87. The smallest absolute Gasteiger partial charge is 0.407 e. The molecule has 2 unspecified atom stereocenters. The fourth-order valence-corrected chi connectivity index (χ4v) is 6.12. The Bertz CT molecular complexity index is 1360. The van der Waals surface area contributed by atoms with Crippen LogP contribution in [0.5, 0.6) is 0 Å². The molecule has 3 aromatic carbocycles. The Labute approximate surface area is 246 Å². The van der Waals surface area contributed by atoms with Crippen molar-refractivity contribution in [2.75, 3.05) is 13.2 Å². The summed E-state index contributed by atoms with van der Waals surface area (Å²) in [6.07, 6.45) is 2.16. The van der Waals surface area contributed by atoms with Gasteiger partial charge in [-0.25, -0.2) is 4.79 Å². The van der Waals surface area contributed by atoms with Gasteiger partial charge in [-0.2, -0.15) is 0 Å². The number of hydrogen-bond acceptors (Lipinski definition) is 5. The molecule has 2 atom stereocenters. The van der Waals surface area contributed by atoms with Gasteiger partial charge in [0.05, 0.1) is 18.1 Å². The van der Waals surface area contributed by atoms with Crippen LogP contribution in [0.4, 0.5) is 4.79 Å². The van der Waals surface area contributed by atoms with Crippen molar-refractivity contribution in [3.63, 3.8) is 0 Å². The summed E-state index contributed by atoms with van der Waals surface area (Å²) in [5, 5.41) is 15.5. The van der Waals surface area contributed by atoms with Crippen molar-refractivity contribution in [3.05, 3.63) is 95.6 Å². The number of rotatable bonds is 11. The van der Waals surface area contributed by atoms with Crippen LogP contribution in [0.15, 0.2) is 78.9 Å². The molecular formula is C34H38N2O6. The predicted octanol–water partition coefficient (Wildman–Crippen LogP) is 5.65. The zero-order valence-corrected chi connectivity index (χ0v) is 23.9. The Morgan fingerprint density at radius 2 is 1.48 bits per heavy atom. The molecular weight excluding hydrogens is 532 g/mol. The third-order valence-electron chi connectivity index (χ3n) is 8.59.